The second-order valence-electron chi connectivity index (χ2n) is 6.06. The normalized spacial score (nSPS) is 10.9. The predicted octanol–water partition coefficient (Wildman–Crippen LogP) is 2.91. The minimum atomic E-state index is -0.636. The zero-order chi connectivity index (χ0) is 20.4. The second kappa shape index (κ2) is 7.80. The molecule has 0 unspecified atom stereocenters. The Morgan fingerprint density at radius 1 is 1.14 bits per heavy atom. The Balaban J connectivity index is 1.69. The van der Waals surface area contributed by atoms with Crippen LogP contribution in [0.15, 0.2) is 42.6 Å². The van der Waals surface area contributed by atoms with E-state index in [-0.39, 0.29) is 30.0 Å². The first-order valence-corrected chi connectivity index (χ1v) is 9.67. The molecular formula is C20H16N4O4S. The number of esters is 1. The maximum atomic E-state index is 12.5. The van der Waals surface area contributed by atoms with Crippen LogP contribution in [-0.2, 0) is 9.53 Å². The Morgan fingerprint density at radius 3 is 2.76 bits per heavy atom. The van der Waals surface area contributed by atoms with Crippen molar-refractivity contribution in [2.75, 3.05) is 13.2 Å². The molecule has 2 aromatic carbocycles. The van der Waals surface area contributed by atoms with Crippen LogP contribution in [-0.4, -0.2) is 45.1 Å². The lowest BCUT2D eigenvalue weighted by Gasteiger charge is -2.09. The Morgan fingerprint density at radius 2 is 1.97 bits per heavy atom. The molecule has 8 nitrogen and oxygen atoms in total. The van der Waals surface area contributed by atoms with Crippen LogP contribution in [0.3, 0.4) is 0 Å². The van der Waals surface area contributed by atoms with Gasteiger partial charge in [-0.05, 0) is 31.2 Å². The SMILES string of the molecule is CCOC(=O)CNC(=O)c1c(O)ccc2nc(-c3nc4ccccc4s3)cnc12. The van der Waals surface area contributed by atoms with Gasteiger partial charge in [0.05, 0.1) is 28.5 Å². The Hall–Kier alpha value is -3.59. The quantitative estimate of drug-likeness (QED) is 0.488. The van der Waals surface area contributed by atoms with Crippen LogP contribution in [0, 0.1) is 0 Å². The molecule has 0 saturated heterocycles. The van der Waals surface area contributed by atoms with Crippen LogP contribution in [0.5, 0.6) is 5.75 Å². The third-order valence-corrected chi connectivity index (χ3v) is 5.19. The fourth-order valence-electron chi connectivity index (χ4n) is 2.84. The molecule has 0 aliphatic heterocycles. The summed E-state index contributed by atoms with van der Waals surface area (Å²) in [6.45, 7) is 1.59. The number of hydrogen-bond donors (Lipinski definition) is 2. The lowest BCUT2D eigenvalue weighted by Crippen LogP contribution is -2.31. The summed E-state index contributed by atoms with van der Waals surface area (Å²) in [4.78, 5) is 37.4. The number of carbonyl (C=O) groups excluding carboxylic acids is 2. The molecule has 0 atom stereocenters. The third-order valence-electron chi connectivity index (χ3n) is 4.13. The van der Waals surface area contributed by atoms with Crippen molar-refractivity contribution < 1.29 is 19.4 Å². The number of phenolic OH excluding ortho intramolecular Hbond substituents is 1. The predicted molar refractivity (Wildman–Crippen MR) is 109 cm³/mol. The standard InChI is InChI=1S/C20H16N4O4S/c1-2-28-16(26)10-22-19(27)17-14(25)8-7-12-18(17)21-9-13(23-12)20-24-11-5-3-4-6-15(11)29-20/h3-9,25H,2,10H2,1H3,(H,22,27). The number of ether oxygens (including phenoxy) is 1. The molecule has 2 aromatic heterocycles. The van der Waals surface area contributed by atoms with E-state index in [1.807, 2.05) is 24.3 Å². The van der Waals surface area contributed by atoms with E-state index in [9.17, 15) is 14.7 Å². The highest BCUT2D eigenvalue weighted by Gasteiger charge is 2.19. The summed E-state index contributed by atoms with van der Waals surface area (Å²) in [5.41, 5.74) is 2.06. The van der Waals surface area contributed by atoms with Gasteiger partial charge >= 0.3 is 5.97 Å². The van der Waals surface area contributed by atoms with Crippen LogP contribution >= 0.6 is 11.3 Å². The maximum absolute atomic E-state index is 12.5. The first kappa shape index (κ1) is 18.8. The van der Waals surface area contributed by atoms with Crippen molar-refractivity contribution >= 4 is 44.5 Å². The van der Waals surface area contributed by atoms with Crippen LogP contribution in [0.1, 0.15) is 17.3 Å². The molecule has 29 heavy (non-hydrogen) atoms. The average Bonchev–Trinajstić information content (AvgIpc) is 3.16. The topological polar surface area (TPSA) is 114 Å². The van der Waals surface area contributed by atoms with Gasteiger partial charge in [0, 0.05) is 0 Å². The number of amides is 1. The van der Waals surface area contributed by atoms with Crippen molar-refractivity contribution in [1.29, 1.82) is 0 Å². The van der Waals surface area contributed by atoms with E-state index in [4.69, 9.17) is 4.74 Å². The van der Waals surface area contributed by atoms with Gasteiger partial charge in [0.25, 0.3) is 5.91 Å². The van der Waals surface area contributed by atoms with Gasteiger partial charge in [0.1, 0.15) is 34.1 Å². The summed E-state index contributed by atoms with van der Waals surface area (Å²) in [5, 5.41) is 13.3. The summed E-state index contributed by atoms with van der Waals surface area (Å²) < 4.78 is 5.82. The minimum Gasteiger partial charge on any atom is -0.507 e. The number of carbonyl (C=O) groups is 2. The van der Waals surface area contributed by atoms with E-state index >= 15 is 0 Å². The first-order valence-electron chi connectivity index (χ1n) is 8.85. The molecule has 0 radical (unpaired) electrons. The molecule has 0 aliphatic rings. The van der Waals surface area contributed by atoms with Crippen LogP contribution in [0.2, 0.25) is 0 Å². The molecule has 0 spiro atoms. The van der Waals surface area contributed by atoms with Gasteiger partial charge < -0.3 is 15.2 Å². The van der Waals surface area contributed by atoms with Gasteiger partial charge in [-0.2, -0.15) is 0 Å². The Bertz CT molecular complexity index is 1200. The number of hydrogen-bond acceptors (Lipinski definition) is 8. The van der Waals surface area contributed by atoms with Gasteiger partial charge in [-0.25, -0.2) is 9.97 Å². The molecule has 0 bridgehead atoms. The van der Waals surface area contributed by atoms with Crippen LogP contribution < -0.4 is 5.32 Å². The van der Waals surface area contributed by atoms with E-state index in [2.05, 4.69) is 20.3 Å². The summed E-state index contributed by atoms with van der Waals surface area (Å²) >= 11 is 1.49. The molecule has 2 heterocycles. The van der Waals surface area contributed by atoms with Gasteiger partial charge in [-0.15, -0.1) is 11.3 Å². The highest BCUT2D eigenvalue weighted by molar-refractivity contribution is 7.21. The van der Waals surface area contributed by atoms with Crippen molar-refractivity contribution in [3.8, 4) is 16.5 Å². The Labute approximate surface area is 169 Å². The zero-order valence-corrected chi connectivity index (χ0v) is 16.2. The van der Waals surface area contributed by atoms with Crippen LogP contribution in [0.4, 0.5) is 0 Å². The molecular weight excluding hydrogens is 392 g/mol. The number of aromatic hydroxyl groups is 1. The van der Waals surface area contributed by atoms with Crippen molar-refractivity contribution in [2.24, 2.45) is 0 Å². The number of nitrogens with one attached hydrogen (secondary N) is 1. The fourth-order valence-corrected chi connectivity index (χ4v) is 3.76. The number of fused-ring (bicyclic) bond motifs is 2. The number of phenols is 1. The molecule has 146 valence electrons. The van der Waals surface area contributed by atoms with E-state index in [1.54, 1.807) is 13.0 Å². The third kappa shape index (κ3) is 3.72. The van der Waals surface area contributed by atoms with Crippen molar-refractivity contribution in [3.05, 3.63) is 48.2 Å². The molecule has 0 fully saturated rings. The number of nitrogens with zero attached hydrogens (tertiary/aromatic N) is 3. The molecule has 0 saturated carbocycles. The highest BCUT2D eigenvalue weighted by atomic mass is 32.1. The summed E-state index contributed by atoms with van der Waals surface area (Å²) in [6, 6.07) is 10.7. The highest BCUT2D eigenvalue weighted by Crippen LogP contribution is 2.31. The van der Waals surface area contributed by atoms with Crippen molar-refractivity contribution in [1.82, 2.24) is 20.3 Å². The molecule has 0 aliphatic carbocycles. The maximum Gasteiger partial charge on any atom is 0.325 e. The summed E-state index contributed by atoms with van der Waals surface area (Å²) in [7, 11) is 0. The fraction of sp³-hybridized carbons (Fsp3) is 0.150. The van der Waals surface area contributed by atoms with Gasteiger partial charge in [-0.3, -0.25) is 14.6 Å². The lowest BCUT2D eigenvalue weighted by atomic mass is 10.1. The number of benzene rings is 2. The van der Waals surface area contributed by atoms with Gasteiger partial charge in [0.15, 0.2) is 0 Å². The monoisotopic (exact) mass is 408 g/mol. The number of aromatic nitrogens is 3. The first-order chi connectivity index (χ1) is 14.1. The van der Waals surface area contributed by atoms with Gasteiger partial charge in [0.2, 0.25) is 0 Å². The van der Waals surface area contributed by atoms with Crippen molar-refractivity contribution in [3.63, 3.8) is 0 Å². The number of rotatable bonds is 5. The van der Waals surface area contributed by atoms with Crippen LogP contribution in [0.25, 0.3) is 32.0 Å². The molecule has 4 rings (SSSR count). The second-order valence-corrected chi connectivity index (χ2v) is 7.09. The molecule has 4 aromatic rings. The lowest BCUT2D eigenvalue weighted by molar-refractivity contribution is -0.141. The van der Waals surface area contributed by atoms with E-state index < -0.39 is 11.9 Å². The van der Waals surface area contributed by atoms with E-state index in [0.717, 1.165) is 10.2 Å². The summed E-state index contributed by atoms with van der Waals surface area (Å²) in [5.74, 6) is -1.45. The van der Waals surface area contributed by atoms with E-state index in [0.29, 0.717) is 16.2 Å². The largest absolute Gasteiger partial charge is 0.507 e. The summed E-state index contributed by atoms with van der Waals surface area (Å²) in [6.07, 6.45) is 1.52. The van der Waals surface area contributed by atoms with Gasteiger partial charge in [-0.1, -0.05) is 12.1 Å². The van der Waals surface area contributed by atoms with Crippen molar-refractivity contribution in [2.45, 2.75) is 6.92 Å². The zero-order valence-electron chi connectivity index (χ0n) is 15.4. The smallest absolute Gasteiger partial charge is 0.325 e. The molecule has 2 N–H and O–H groups in total. The molecule has 9 heteroatoms. The molecule has 1 amide bonds. The average molecular weight is 408 g/mol. The van der Waals surface area contributed by atoms with E-state index in [1.165, 1.54) is 23.6 Å². The minimum absolute atomic E-state index is 0.0462. The number of para-hydroxylation sites is 1. The Kier molecular flexibility index (Phi) is 5.05. The number of thiazole rings is 1.